The van der Waals surface area contributed by atoms with E-state index in [9.17, 15) is 9.50 Å². The number of anilines is 1. The molecule has 0 bridgehead atoms. The standard InChI is InChI=1S/C16H25BrFNO2/c1-3-4-5-6-7-21-11-13(20)10-19-16-9-14(17)15(18)8-12(16)2/h8-9,13,19-20H,3-7,10-11H2,1-2H3. The Balaban J connectivity index is 2.24. The van der Waals surface area contributed by atoms with E-state index in [0.717, 1.165) is 17.7 Å². The molecule has 1 unspecified atom stereocenters. The lowest BCUT2D eigenvalue weighted by atomic mass is 10.2. The highest BCUT2D eigenvalue weighted by molar-refractivity contribution is 9.10. The molecule has 2 N–H and O–H groups in total. The number of nitrogens with one attached hydrogen (secondary N) is 1. The van der Waals surface area contributed by atoms with Crippen LogP contribution in [0, 0.1) is 12.7 Å². The van der Waals surface area contributed by atoms with Gasteiger partial charge in [0.2, 0.25) is 0 Å². The van der Waals surface area contributed by atoms with E-state index >= 15 is 0 Å². The van der Waals surface area contributed by atoms with Crippen molar-refractivity contribution in [1.82, 2.24) is 0 Å². The van der Waals surface area contributed by atoms with Crippen molar-refractivity contribution >= 4 is 21.6 Å². The van der Waals surface area contributed by atoms with Crippen LogP contribution in [0.1, 0.15) is 38.2 Å². The van der Waals surface area contributed by atoms with E-state index in [1.165, 1.54) is 25.3 Å². The summed E-state index contributed by atoms with van der Waals surface area (Å²) < 4.78 is 19.2. The average molecular weight is 362 g/mol. The number of aryl methyl sites for hydroxylation is 1. The molecule has 5 heteroatoms. The molecule has 1 aromatic carbocycles. The van der Waals surface area contributed by atoms with Crippen molar-refractivity contribution in [2.45, 2.75) is 45.6 Å². The second-order valence-electron chi connectivity index (χ2n) is 5.25. The van der Waals surface area contributed by atoms with Gasteiger partial charge in [-0.1, -0.05) is 26.2 Å². The number of ether oxygens (including phenoxy) is 1. The zero-order chi connectivity index (χ0) is 15.7. The Morgan fingerprint density at radius 3 is 2.81 bits per heavy atom. The molecule has 0 aliphatic carbocycles. The third-order valence-electron chi connectivity index (χ3n) is 3.25. The first-order valence-electron chi connectivity index (χ1n) is 7.50. The number of aliphatic hydroxyl groups excluding tert-OH is 1. The first kappa shape index (κ1) is 18.4. The molecule has 0 heterocycles. The maximum absolute atomic E-state index is 13.3. The Morgan fingerprint density at radius 2 is 2.10 bits per heavy atom. The molecule has 0 spiro atoms. The van der Waals surface area contributed by atoms with Gasteiger partial charge in [0, 0.05) is 18.8 Å². The third kappa shape index (κ3) is 7.25. The van der Waals surface area contributed by atoms with Gasteiger partial charge in [0.15, 0.2) is 0 Å². The number of hydrogen-bond acceptors (Lipinski definition) is 3. The van der Waals surface area contributed by atoms with Crippen LogP contribution in [0.25, 0.3) is 0 Å². The number of halogens is 2. The molecule has 0 fully saturated rings. The summed E-state index contributed by atoms with van der Waals surface area (Å²) in [5, 5.41) is 13.0. The zero-order valence-corrected chi connectivity index (χ0v) is 14.4. The summed E-state index contributed by atoms with van der Waals surface area (Å²) in [5.74, 6) is -0.283. The molecule has 0 aliphatic heterocycles. The Morgan fingerprint density at radius 1 is 1.33 bits per heavy atom. The topological polar surface area (TPSA) is 41.5 Å². The second kappa shape index (κ2) is 10.1. The minimum absolute atomic E-state index is 0.283. The van der Waals surface area contributed by atoms with Crippen molar-refractivity contribution in [3.8, 4) is 0 Å². The molecule has 21 heavy (non-hydrogen) atoms. The summed E-state index contributed by atoms with van der Waals surface area (Å²) in [4.78, 5) is 0. The molecule has 0 amide bonds. The summed E-state index contributed by atoms with van der Waals surface area (Å²) in [7, 11) is 0. The molecule has 120 valence electrons. The SMILES string of the molecule is CCCCCCOCC(O)CNc1cc(Br)c(F)cc1C. The molecular weight excluding hydrogens is 337 g/mol. The van der Waals surface area contributed by atoms with Crippen LogP contribution in [0.4, 0.5) is 10.1 Å². The van der Waals surface area contributed by atoms with E-state index < -0.39 is 6.10 Å². The van der Waals surface area contributed by atoms with Gasteiger partial charge in [0.25, 0.3) is 0 Å². The highest BCUT2D eigenvalue weighted by Crippen LogP contribution is 2.24. The summed E-state index contributed by atoms with van der Waals surface area (Å²) in [5.41, 5.74) is 1.62. The van der Waals surface area contributed by atoms with E-state index in [4.69, 9.17) is 4.74 Å². The van der Waals surface area contributed by atoms with Crippen LogP contribution in [0.2, 0.25) is 0 Å². The van der Waals surface area contributed by atoms with Gasteiger partial charge in [-0.3, -0.25) is 0 Å². The highest BCUT2D eigenvalue weighted by atomic mass is 79.9. The molecule has 0 aliphatic rings. The van der Waals surface area contributed by atoms with Crippen LogP contribution < -0.4 is 5.32 Å². The molecule has 3 nitrogen and oxygen atoms in total. The smallest absolute Gasteiger partial charge is 0.137 e. The summed E-state index contributed by atoms with van der Waals surface area (Å²) in [6, 6.07) is 3.14. The fraction of sp³-hybridized carbons (Fsp3) is 0.625. The van der Waals surface area contributed by atoms with Crippen molar-refractivity contribution in [3.05, 3.63) is 28.0 Å². The lowest BCUT2D eigenvalue weighted by Gasteiger charge is -2.15. The van der Waals surface area contributed by atoms with Gasteiger partial charge in [0.1, 0.15) is 5.82 Å². The second-order valence-corrected chi connectivity index (χ2v) is 6.11. The summed E-state index contributed by atoms with van der Waals surface area (Å²) in [6.07, 6.45) is 4.08. The van der Waals surface area contributed by atoms with Gasteiger partial charge in [0.05, 0.1) is 17.2 Å². The van der Waals surface area contributed by atoms with Gasteiger partial charge in [-0.2, -0.15) is 0 Å². The number of aliphatic hydroxyl groups is 1. The summed E-state index contributed by atoms with van der Waals surface area (Å²) >= 11 is 3.16. The maximum Gasteiger partial charge on any atom is 0.137 e. The summed E-state index contributed by atoms with van der Waals surface area (Å²) in [6.45, 7) is 5.40. The van der Waals surface area contributed by atoms with Crippen LogP contribution in [-0.4, -0.2) is 31.0 Å². The first-order chi connectivity index (χ1) is 10.0. The van der Waals surface area contributed by atoms with Gasteiger partial charge in [-0.25, -0.2) is 4.39 Å². The van der Waals surface area contributed by atoms with E-state index in [2.05, 4.69) is 28.2 Å². The van der Waals surface area contributed by atoms with Crippen LogP contribution in [-0.2, 0) is 4.74 Å². The van der Waals surface area contributed by atoms with Crippen molar-refractivity contribution in [3.63, 3.8) is 0 Å². The van der Waals surface area contributed by atoms with Gasteiger partial charge in [-0.15, -0.1) is 0 Å². The van der Waals surface area contributed by atoms with Gasteiger partial charge >= 0.3 is 0 Å². The van der Waals surface area contributed by atoms with Crippen LogP contribution in [0.3, 0.4) is 0 Å². The fourth-order valence-corrected chi connectivity index (χ4v) is 2.32. The first-order valence-corrected chi connectivity index (χ1v) is 8.29. The van der Waals surface area contributed by atoms with Crippen molar-refractivity contribution in [2.75, 3.05) is 25.1 Å². The molecule has 1 rings (SSSR count). The van der Waals surface area contributed by atoms with E-state index in [1.54, 1.807) is 6.07 Å². The Bertz CT molecular complexity index is 429. The Hall–Kier alpha value is -0.650. The van der Waals surface area contributed by atoms with Crippen LogP contribution in [0.5, 0.6) is 0 Å². The lowest BCUT2D eigenvalue weighted by Crippen LogP contribution is -2.25. The molecular formula is C16H25BrFNO2. The quantitative estimate of drug-likeness (QED) is 0.611. The molecule has 0 aromatic heterocycles. The van der Waals surface area contributed by atoms with Crippen molar-refractivity contribution in [1.29, 1.82) is 0 Å². The normalized spacial score (nSPS) is 12.4. The molecule has 0 saturated carbocycles. The third-order valence-corrected chi connectivity index (χ3v) is 3.86. The number of benzene rings is 1. The lowest BCUT2D eigenvalue weighted by molar-refractivity contribution is 0.0416. The minimum Gasteiger partial charge on any atom is -0.389 e. The zero-order valence-electron chi connectivity index (χ0n) is 12.8. The molecule has 0 saturated heterocycles. The molecule has 1 aromatic rings. The van der Waals surface area contributed by atoms with E-state index in [1.807, 2.05) is 6.92 Å². The highest BCUT2D eigenvalue weighted by Gasteiger charge is 2.08. The monoisotopic (exact) mass is 361 g/mol. The molecule has 0 radical (unpaired) electrons. The van der Waals surface area contributed by atoms with E-state index in [0.29, 0.717) is 24.2 Å². The Labute approximate surface area is 135 Å². The number of unbranched alkanes of at least 4 members (excludes halogenated alkanes) is 3. The molecule has 1 atom stereocenters. The minimum atomic E-state index is -0.570. The van der Waals surface area contributed by atoms with Crippen LogP contribution in [0.15, 0.2) is 16.6 Å². The Kier molecular flexibility index (Phi) is 8.88. The van der Waals surface area contributed by atoms with Crippen molar-refractivity contribution < 1.29 is 14.2 Å². The predicted molar refractivity (Wildman–Crippen MR) is 88.3 cm³/mol. The van der Waals surface area contributed by atoms with Gasteiger partial charge in [-0.05, 0) is 47.0 Å². The predicted octanol–water partition coefficient (Wildman–Crippen LogP) is 4.27. The average Bonchev–Trinajstić information content (AvgIpc) is 2.45. The number of hydrogen-bond donors (Lipinski definition) is 2. The number of rotatable bonds is 10. The largest absolute Gasteiger partial charge is 0.389 e. The van der Waals surface area contributed by atoms with Crippen molar-refractivity contribution in [2.24, 2.45) is 0 Å². The maximum atomic E-state index is 13.3. The van der Waals surface area contributed by atoms with Gasteiger partial charge < -0.3 is 15.2 Å². The fourth-order valence-electron chi connectivity index (χ4n) is 1.97. The van der Waals surface area contributed by atoms with E-state index in [-0.39, 0.29) is 5.82 Å². The van der Waals surface area contributed by atoms with Crippen LogP contribution >= 0.6 is 15.9 Å².